The predicted octanol–water partition coefficient (Wildman–Crippen LogP) is 1.54. The molecule has 0 spiro atoms. The lowest BCUT2D eigenvalue weighted by Gasteiger charge is -2.13. The van der Waals surface area contributed by atoms with Gasteiger partial charge < -0.3 is 15.4 Å². The van der Waals surface area contributed by atoms with Crippen molar-refractivity contribution in [2.75, 3.05) is 20.2 Å². The molecule has 0 aromatic heterocycles. The highest BCUT2D eigenvalue weighted by Crippen LogP contribution is 2.22. The van der Waals surface area contributed by atoms with Gasteiger partial charge in [0.15, 0.2) is 0 Å². The van der Waals surface area contributed by atoms with Crippen LogP contribution in [0.1, 0.15) is 23.6 Å². The third-order valence-corrected chi connectivity index (χ3v) is 2.75. The van der Waals surface area contributed by atoms with E-state index in [2.05, 4.69) is 16.7 Å². The summed E-state index contributed by atoms with van der Waals surface area (Å²) < 4.78 is 5.54. The fourth-order valence-electron chi connectivity index (χ4n) is 1.77. The Balaban J connectivity index is 2.72. The largest absolute Gasteiger partial charge is 0.494 e. The first-order valence-corrected chi connectivity index (χ1v) is 6.22. The summed E-state index contributed by atoms with van der Waals surface area (Å²) in [6.07, 6.45) is 0. The number of rotatable bonds is 6. The highest BCUT2D eigenvalue weighted by molar-refractivity contribution is 5.77. The predicted molar refractivity (Wildman–Crippen MR) is 72.9 cm³/mol. The number of ether oxygens (including phenoxy) is 1. The summed E-state index contributed by atoms with van der Waals surface area (Å²) in [5, 5.41) is 5.70. The smallest absolute Gasteiger partial charge is 0.234 e. The highest BCUT2D eigenvalue weighted by atomic mass is 16.5. The van der Waals surface area contributed by atoms with E-state index in [1.54, 1.807) is 7.05 Å². The number of carbonyl (C=O) groups excluding carboxylic acids is 1. The molecule has 4 heteroatoms. The van der Waals surface area contributed by atoms with Crippen molar-refractivity contribution in [1.82, 2.24) is 10.6 Å². The van der Waals surface area contributed by atoms with Crippen molar-refractivity contribution in [1.29, 1.82) is 0 Å². The molecule has 0 saturated heterocycles. The molecule has 0 aliphatic carbocycles. The SMILES string of the molecule is CCOc1cc(C)c(CNC(=O)CNC)cc1C. The molecule has 1 aromatic carbocycles. The van der Waals surface area contributed by atoms with Crippen molar-refractivity contribution < 1.29 is 9.53 Å². The van der Waals surface area contributed by atoms with E-state index in [1.807, 2.05) is 26.8 Å². The Bertz CT molecular complexity index is 417. The van der Waals surface area contributed by atoms with Gasteiger partial charge in [0.25, 0.3) is 0 Å². The van der Waals surface area contributed by atoms with E-state index in [4.69, 9.17) is 4.74 Å². The maximum Gasteiger partial charge on any atom is 0.234 e. The molecule has 1 amide bonds. The van der Waals surface area contributed by atoms with Crippen molar-refractivity contribution >= 4 is 5.91 Å². The van der Waals surface area contributed by atoms with E-state index < -0.39 is 0 Å². The summed E-state index contributed by atoms with van der Waals surface area (Å²) in [7, 11) is 1.76. The van der Waals surface area contributed by atoms with Crippen molar-refractivity contribution in [2.24, 2.45) is 0 Å². The lowest BCUT2D eigenvalue weighted by molar-refractivity contribution is -0.120. The Morgan fingerprint density at radius 2 is 2.00 bits per heavy atom. The van der Waals surface area contributed by atoms with E-state index >= 15 is 0 Å². The molecule has 0 bridgehead atoms. The molecule has 100 valence electrons. The van der Waals surface area contributed by atoms with Gasteiger partial charge in [-0.25, -0.2) is 0 Å². The zero-order valence-electron chi connectivity index (χ0n) is 11.6. The van der Waals surface area contributed by atoms with E-state index in [0.717, 1.165) is 22.4 Å². The second-order valence-electron chi connectivity index (χ2n) is 4.28. The van der Waals surface area contributed by atoms with Crippen LogP contribution in [0.4, 0.5) is 0 Å². The number of carbonyl (C=O) groups is 1. The van der Waals surface area contributed by atoms with E-state index in [-0.39, 0.29) is 5.91 Å². The average molecular weight is 250 g/mol. The van der Waals surface area contributed by atoms with Gasteiger partial charge in [0.1, 0.15) is 5.75 Å². The summed E-state index contributed by atoms with van der Waals surface area (Å²) in [6, 6.07) is 4.10. The quantitative estimate of drug-likeness (QED) is 0.805. The van der Waals surface area contributed by atoms with Crippen LogP contribution in [0.25, 0.3) is 0 Å². The Morgan fingerprint density at radius 3 is 2.61 bits per heavy atom. The van der Waals surface area contributed by atoms with Crippen LogP contribution in [0.5, 0.6) is 5.75 Å². The molecule has 0 aliphatic heterocycles. The minimum Gasteiger partial charge on any atom is -0.494 e. The van der Waals surface area contributed by atoms with Gasteiger partial charge in [-0.1, -0.05) is 6.07 Å². The zero-order valence-corrected chi connectivity index (χ0v) is 11.6. The summed E-state index contributed by atoms with van der Waals surface area (Å²) in [5.41, 5.74) is 3.36. The molecular formula is C14H22N2O2. The summed E-state index contributed by atoms with van der Waals surface area (Å²) >= 11 is 0. The van der Waals surface area contributed by atoms with Gasteiger partial charge in [0.05, 0.1) is 13.2 Å². The molecule has 2 N–H and O–H groups in total. The molecular weight excluding hydrogens is 228 g/mol. The van der Waals surface area contributed by atoms with Gasteiger partial charge in [-0.2, -0.15) is 0 Å². The average Bonchev–Trinajstić information content (AvgIpc) is 2.32. The number of nitrogens with one attached hydrogen (secondary N) is 2. The molecule has 0 fully saturated rings. The Kier molecular flexibility index (Phi) is 5.65. The first kappa shape index (κ1) is 14.5. The standard InChI is InChI=1S/C14H22N2O2/c1-5-18-13-7-10(2)12(6-11(13)3)8-16-14(17)9-15-4/h6-7,15H,5,8-9H2,1-4H3,(H,16,17). The number of hydrogen-bond acceptors (Lipinski definition) is 3. The number of aryl methyl sites for hydroxylation is 2. The Hall–Kier alpha value is -1.55. The first-order valence-electron chi connectivity index (χ1n) is 6.22. The lowest BCUT2D eigenvalue weighted by Crippen LogP contribution is -2.31. The maximum atomic E-state index is 11.4. The number of hydrogen-bond donors (Lipinski definition) is 2. The molecule has 0 radical (unpaired) electrons. The first-order chi connectivity index (χ1) is 8.58. The molecule has 0 saturated carbocycles. The highest BCUT2D eigenvalue weighted by Gasteiger charge is 2.06. The van der Waals surface area contributed by atoms with Crippen molar-refractivity contribution in [3.05, 3.63) is 28.8 Å². The Labute approximate surface area is 109 Å². The van der Waals surface area contributed by atoms with Crippen LogP contribution in [-0.2, 0) is 11.3 Å². The third kappa shape index (κ3) is 4.04. The van der Waals surface area contributed by atoms with Crippen LogP contribution >= 0.6 is 0 Å². The molecule has 1 aromatic rings. The zero-order chi connectivity index (χ0) is 13.5. The summed E-state index contributed by atoms with van der Waals surface area (Å²) in [6.45, 7) is 7.58. The van der Waals surface area contributed by atoms with Gasteiger partial charge in [-0.05, 0) is 50.6 Å². The van der Waals surface area contributed by atoms with Gasteiger partial charge in [-0.3, -0.25) is 4.79 Å². The topological polar surface area (TPSA) is 50.4 Å². The lowest BCUT2D eigenvalue weighted by atomic mass is 10.0. The van der Waals surface area contributed by atoms with Gasteiger partial charge in [-0.15, -0.1) is 0 Å². The second kappa shape index (κ2) is 7.01. The normalized spacial score (nSPS) is 10.2. The molecule has 18 heavy (non-hydrogen) atoms. The molecule has 4 nitrogen and oxygen atoms in total. The van der Waals surface area contributed by atoms with Gasteiger partial charge >= 0.3 is 0 Å². The number of likely N-dealkylation sites (N-methyl/N-ethyl adjacent to an activating group) is 1. The molecule has 1 rings (SSSR count). The maximum absolute atomic E-state index is 11.4. The van der Waals surface area contributed by atoms with Crippen molar-refractivity contribution in [3.63, 3.8) is 0 Å². The minimum atomic E-state index is 0.00318. The van der Waals surface area contributed by atoms with Crippen LogP contribution < -0.4 is 15.4 Å². The fraction of sp³-hybridized carbons (Fsp3) is 0.500. The third-order valence-electron chi connectivity index (χ3n) is 2.75. The van der Waals surface area contributed by atoms with Crippen LogP contribution in [0.2, 0.25) is 0 Å². The van der Waals surface area contributed by atoms with Crippen LogP contribution in [-0.4, -0.2) is 26.1 Å². The van der Waals surface area contributed by atoms with Crippen LogP contribution in [0.3, 0.4) is 0 Å². The summed E-state index contributed by atoms with van der Waals surface area (Å²) in [4.78, 5) is 11.4. The molecule has 0 atom stereocenters. The van der Waals surface area contributed by atoms with Gasteiger partial charge in [0, 0.05) is 6.54 Å². The second-order valence-corrected chi connectivity index (χ2v) is 4.28. The van der Waals surface area contributed by atoms with Crippen LogP contribution in [0.15, 0.2) is 12.1 Å². The van der Waals surface area contributed by atoms with Gasteiger partial charge in [0.2, 0.25) is 5.91 Å². The van der Waals surface area contributed by atoms with Crippen LogP contribution in [0, 0.1) is 13.8 Å². The molecule has 0 aliphatic rings. The summed E-state index contributed by atoms with van der Waals surface area (Å²) in [5.74, 6) is 0.920. The fourth-order valence-corrected chi connectivity index (χ4v) is 1.77. The Morgan fingerprint density at radius 1 is 1.28 bits per heavy atom. The van der Waals surface area contributed by atoms with E-state index in [9.17, 15) is 4.79 Å². The number of amides is 1. The van der Waals surface area contributed by atoms with E-state index in [0.29, 0.717) is 19.7 Å². The molecule has 0 unspecified atom stereocenters. The minimum absolute atomic E-state index is 0.00318. The van der Waals surface area contributed by atoms with Crippen molar-refractivity contribution in [2.45, 2.75) is 27.3 Å². The monoisotopic (exact) mass is 250 g/mol. The van der Waals surface area contributed by atoms with E-state index in [1.165, 1.54) is 0 Å². The molecule has 0 heterocycles. The van der Waals surface area contributed by atoms with Crippen molar-refractivity contribution in [3.8, 4) is 5.75 Å². The number of benzene rings is 1.